The van der Waals surface area contributed by atoms with Gasteiger partial charge >= 0.3 is 6.03 Å². The molecule has 3 amide bonds. The topological polar surface area (TPSA) is 101 Å². The van der Waals surface area contributed by atoms with Crippen LogP contribution < -0.4 is 10.6 Å². The molecular weight excluding hydrogens is 316 g/mol. The third-order valence-electron chi connectivity index (χ3n) is 3.23. The van der Waals surface area contributed by atoms with Gasteiger partial charge in [0.25, 0.3) is 5.78 Å². The van der Waals surface area contributed by atoms with Gasteiger partial charge in [-0.2, -0.15) is 4.98 Å². The smallest absolute Gasteiger partial charge is 0.321 e. The number of thioether (sulfide) groups is 1. The van der Waals surface area contributed by atoms with Crippen LogP contribution in [0.3, 0.4) is 0 Å². The first-order valence-electron chi connectivity index (χ1n) is 6.94. The number of aryl methyl sites for hydroxylation is 2. The fourth-order valence-electron chi connectivity index (χ4n) is 1.80. The van der Waals surface area contributed by atoms with Gasteiger partial charge in [0.1, 0.15) is 0 Å². The highest BCUT2D eigenvalue weighted by molar-refractivity contribution is 7.99. The van der Waals surface area contributed by atoms with E-state index in [4.69, 9.17) is 0 Å². The molecule has 2 heterocycles. The Bertz CT molecular complexity index is 770. The number of amides is 3. The maximum atomic E-state index is 11.7. The zero-order valence-corrected chi connectivity index (χ0v) is 14.0. The van der Waals surface area contributed by atoms with Gasteiger partial charge in [-0.25, -0.2) is 14.3 Å². The molecule has 0 aliphatic heterocycles. The Morgan fingerprint density at radius 3 is 2.74 bits per heavy atom. The van der Waals surface area contributed by atoms with Crippen LogP contribution in [0.5, 0.6) is 0 Å². The van der Waals surface area contributed by atoms with Gasteiger partial charge in [0.15, 0.2) is 0 Å². The lowest BCUT2D eigenvalue weighted by atomic mass is 10.2. The number of aromatic nitrogens is 4. The number of nitrogens with one attached hydrogen (secondary N) is 2. The van der Waals surface area contributed by atoms with Crippen LogP contribution >= 0.6 is 11.8 Å². The Labute approximate surface area is 137 Å². The van der Waals surface area contributed by atoms with E-state index in [0.717, 1.165) is 28.7 Å². The molecule has 0 saturated carbocycles. The largest absolute Gasteiger partial charge is 0.334 e. The van der Waals surface area contributed by atoms with Crippen LogP contribution in [0.4, 0.5) is 4.79 Å². The Balaban J connectivity index is 2.00. The van der Waals surface area contributed by atoms with E-state index in [2.05, 4.69) is 32.3 Å². The van der Waals surface area contributed by atoms with Crippen molar-refractivity contribution in [2.24, 2.45) is 0 Å². The fourth-order valence-corrected chi connectivity index (χ4v) is 2.42. The summed E-state index contributed by atoms with van der Waals surface area (Å²) in [6.07, 6.45) is 1.53. The number of hydrogen-bond donors (Lipinski definition) is 2. The summed E-state index contributed by atoms with van der Waals surface area (Å²) in [5.74, 6) is 0.111. The number of carbonyl (C=O) groups is 2. The van der Waals surface area contributed by atoms with Gasteiger partial charge in [0, 0.05) is 17.9 Å². The first-order valence-corrected chi connectivity index (χ1v) is 7.93. The predicted molar refractivity (Wildman–Crippen MR) is 87.5 cm³/mol. The zero-order valence-electron chi connectivity index (χ0n) is 13.2. The van der Waals surface area contributed by atoms with E-state index in [9.17, 15) is 9.59 Å². The minimum Gasteiger partial charge on any atom is -0.334 e. The maximum absolute atomic E-state index is 11.7. The van der Waals surface area contributed by atoms with Crippen LogP contribution in [0, 0.1) is 20.8 Å². The number of nitrogens with zero attached hydrogens (tertiary/aromatic N) is 4. The lowest BCUT2D eigenvalue weighted by Crippen LogP contribution is -2.40. The third-order valence-corrected chi connectivity index (χ3v) is 4.07. The molecule has 2 rings (SSSR count). The highest BCUT2D eigenvalue weighted by atomic mass is 32.2. The highest BCUT2D eigenvalue weighted by Crippen LogP contribution is 2.17. The molecule has 23 heavy (non-hydrogen) atoms. The van der Waals surface area contributed by atoms with Crippen molar-refractivity contribution in [2.45, 2.75) is 25.9 Å². The lowest BCUT2D eigenvalue weighted by molar-refractivity contribution is -0.117. The molecule has 0 radical (unpaired) electrons. The number of imide groups is 1. The number of rotatable bonds is 5. The molecule has 0 aliphatic rings. The molecule has 0 aliphatic carbocycles. The molecule has 8 nitrogen and oxygen atoms in total. The summed E-state index contributed by atoms with van der Waals surface area (Å²) < 4.78 is 1.65. The third kappa shape index (κ3) is 4.07. The minimum atomic E-state index is -0.553. The summed E-state index contributed by atoms with van der Waals surface area (Å²) in [7, 11) is 0. The van der Waals surface area contributed by atoms with Crippen LogP contribution in [0.15, 0.2) is 17.8 Å². The average Bonchev–Trinajstić information content (AvgIpc) is 2.91. The highest BCUT2D eigenvalue weighted by Gasteiger charge is 2.13. The molecule has 0 unspecified atom stereocenters. The van der Waals surface area contributed by atoms with Gasteiger partial charge in [0.2, 0.25) is 11.1 Å². The van der Waals surface area contributed by atoms with Crippen LogP contribution in [-0.2, 0) is 4.79 Å². The van der Waals surface area contributed by atoms with E-state index in [1.165, 1.54) is 6.08 Å². The van der Waals surface area contributed by atoms with Crippen LogP contribution in [0.25, 0.3) is 5.78 Å². The van der Waals surface area contributed by atoms with Crippen LogP contribution in [0.2, 0.25) is 0 Å². The summed E-state index contributed by atoms with van der Waals surface area (Å²) in [5.41, 5.74) is 2.91. The van der Waals surface area contributed by atoms with Crippen molar-refractivity contribution in [1.82, 2.24) is 30.2 Å². The molecular formula is C14H18N6O2S. The predicted octanol–water partition coefficient (Wildman–Crippen LogP) is 1.15. The molecule has 0 aromatic carbocycles. The Kier molecular flexibility index (Phi) is 5.32. The molecule has 2 aromatic heterocycles. The standard InChI is InChI=1S/C14H18N6O2S/c1-5-6-15-13(22)17-11(21)7-23-14-18-12-16-9(3)8(2)10(4)20(12)19-14/h5H,1,6-7H2,2-4H3,(H2,15,17,21,22). The lowest BCUT2D eigenvalue weighted by Gasteiger charge is -2.04. The fraction of sp³-hybridized carbons (Fsp3) is 0.357. The van der Waals surface area contributed by atoms with E-state index < -0.39 is 11.9 Å². The van der Waals surface area contributed by atoms with Crippen LogP contribution in [-0.4, -0.2) is 43.8 Å². The van der Waals surface area contributed by atoms with Crippen molar-refractivity contribution in [3.8, 4) is 0 Å². The monoisotopic (exact) mass is 334 g/mol. The Hall–Kier alpha value is -2.42. The number of carbonyl (C=O) groups excluding carboxylic acids is 2. The van der Waals surface area contributed by atoms with E-state index in [1.54, 1.807) is 4.52 Å². The van der Waals surface area contributed by atoms with Crippen molar-refractivity contribution in [2.75, 3.05) is 12.3 Å². The minimum absolute atomic E-state index is 0.0371. The SMILES string of the molecule is C=CCNC(=O)NC(=O)CSc1nc2nc(C)c(C)c(C)n2n1. The zero-order chi connectivity index (χ0) is 17.0. The number of fused-ring (bicyclic) bond motifs is 1. The summed E-state index contributed by atoms with van der Waals surface area (Å²) in [6, 6.07) is -0.553. The van der Waals surface area contributed by atoms with E-state index in [0.29, 0.717) is 17.5 Å². The first kappa shape index (κ1) is 16.9. The van der Waals surface area contributed by atoms with Gasteiger partial charge in [-0.15, -0.1) is 11.7 Å². The number of urea groups is 1. The van der Waals surface area contributed by atoms with Crippen molar-refractivity contribution in [3.05, 3.63) is 29.6 Å². The summed E-state index contributed by atoms with van der Waals surface area (Å²) in [6.45, 7) is 9.60. The van der Waals surface area contributed by atoms with Crippen molar-refractivity contribution < 1.29 is 9.59 Å². The van der Waals surface area contributed by atoms with E-state index in [1.807, 2.05) is 20.8 Å². The summed E-state index contributed by atoms with van der Waals surface area (Å²) >= 11 is 1.15. The maximum Gasteiger partial charge on any atom is 0.321 e. The molecule has 0 atom stereocenters. The average molecular weight is 334 g/mol. The molecule has 0 bridgehead atoms. The van der Waals surface area contributed by atoms with Gasteiger partial charge in [-0.05, 0) is 26.3 Å². The molecule has 0 saturated heterocycles. The van der Waals surface area contributed by atoms with Crippen molar-refractivity contribution in [1.29, 1.82) is 0 Å². The second-order valence-corrected chi connectivity index (χ2v) is 5.79. The van der Waals surface area contributed by atoms with E-state index >= 15 is 0 Å². The molecule has 2 N–H and O–H groups in total. The quantitative estimate of drug-likeness (QED) is 0.628. The second kappa shape index (κ2) is 7.23. The van der Waals surface area contributed by atoms with Crippen molar-refractivity contribution in [3.63, 3.8) is 0 Å². The molecule has 122 valence electrons. The Morgan fingerprint density at radius 2 is 2.04 bits per heavy atom. The second-order valence-electron chi connectivity index (χ2n) is 4.85. The van der Waals surface area contributed by atoms with Crippen LogP contribution in [0.1, 0.15) is 17.0 Å². The normalized spacial score (nSPS) is 10.6. The first-order chi connectivity index (χ1) is 10.9. The van der Waals surface area contributed by atoms with E-state index in [-0.39, 0.29) is 5.75 Å². The molecule has 0 spiro atoms. The Morgan fingerprint density at radius 1 is 1.30 bits per heavy atom. The van der Waals surface area contributed by atoms with Gasteiger partial charge in [-0.3, -0.25) is 10.1 Å². The summed E-state index contributed by atoms with van der Waals surface area (Å²) in [5, 5.41) is 9.44. The van der Waals surface area contributed by atoms with Crippen molar-refractivity contribution >= 4 is 29.5 Å². The van der Waals surface area contributed by atoms with Gasteiger partial charge < -0.3 is 5.32 Å². The molecule has 9 heteroatoms. The summed E-state index contributed by atoms with van der Waals surface area (Å²) in [4.78, 5) is 31.7. The molecule has 2 aromatic rings. The number of hydrogen-bond acceptors (Lipinski definition) is 6. The van der Waals surface area contributed by atoms with Gasteiger partial charge in [-0.1, -0.05) is 17.8 Å². The molecule has 0 fully saturated rings. The van der Waals surface area contributed by atoms with Gasteiger partial charge in [0.05, 0.1) is 5.75 Å².